The van der Waals surface area contributed by atoms with E-state index in [0.29, 0.717) is 22.4 Å². The molecule has 0 unspecified atom stereocenters. The summed E-state index contributed by atoms with van der Waals surface area (Å²) in [5.74, 6) is 0.634. The van der Waals surface area contributed by atoms with Crippen molar-refractivity contribution in [2.24, 2.45) is 15.3 Å². The summed E-state index contributed by atoms with van der Waals surface area (Å²) in [7, 11) is 1.70. The van der Waals surface area contributed by atoms with Gasteiger partial charge < -0.3 is 17.9 Å². The first-order chi connectivity index (χ1) is 13.1. The van der Waals surface area contributed by atoms with Gasteiger partial charge in [0.25, 0.3) is 0 Å². The fraction of sp³-hybridized carbons (Fsp3) is 0.167. The monoisotopic (exact) mass is 459 g/mol. The molecule has 0 amide bonds. The Balaban J connectivity index is 0.00000280. The van der Waals surface area contributed by atoms with Crippen molar-refractivity contribution in [1.82, 2.24) is 15.3 Å². The van der Waals surface area contributed by atoms with Crippen molar-refractivity contribution in [3.05, 3.63) is 42.6 Å². The molecule has 0 aliphatic carbocycles. The number of para-hydroxylation sites is 1. The van der Waals surface area contributed by atoms with Crippen molar-refractivity contribution in [2.45, 2.75) is 13.8 Å². The van der Waals surface area contributed by atoms with E-state index in [9.17, 15) is 0 Å². The predicted octanol–water partition coefficient (Wildman–Crippen LogP) is 3.64. The number of nitrogens with one attached hydrogen (secondary N) is 2. The number of aromatic nitrogens is 2. The number of hydrogen-bond donors (Lipinski definition) is 2. The zero-order valence-electron chi connectivity index (χ0n) is 15.4. The third-order valence-electron chi connectivity index (χ3n) is 3.67. The van der Waals surface area contributed by atoms with Gasteiger partial charge in [0, 0.05) is 18.8 Å². The maximum absolute atomic E-state index is 4.92. The molecule has 0 spiro atoms. The number of fused-ring (bicyclic) bond motifs is 1. The molecule has 0 fully saturated rings. The number of rotatable bonds is 5. The third-order valence-corrected chi connectivity index (χ3v) is 5.04. The molecule has 2 aromatic heterocycles. The van der Waals surface area contributed by atoms with Crippen LogP contribution < -0.4 is 10.7 Å². The molecule has 3 aromatic rings. The van der Waals surface area contributed by atoms with Crippen LogP contribution in [-0.4, -0.2) is 33.6 Å². The van der Waals surface area contributed by atoms with E-state index >= 15 is 0 Å². The second-order valence-corrected chi connectivity index (χ2v) is 6.99. The van der Waals surface area contributed by atoms with E-state index < -0.39 is 0 Å². The van der Waals surface area contributed by atoms with Crippen LogP contribution in [0.15, 0.2) is 57.9 Å². The van der Waals surface area contributed by atoms with Crippen LogP contribution in [-0.2, 0) is 29.7 Å². The van der Waals surface area contributed by atoms with E-state index in [4.69, 9.17) is 12.6 Å². The number of hydrazone groups is 1. The van der Waals surface area contributed by atoms with Crippen LogP contribution in [0.3, 0.4) is 0 Å². The molecule has 10 heteroatoms. The Bertz CT molecular complexity index is 993. The first-order valence-corrected chi connectivity index (χ1v) is 9.39. The number of nitrogens with zero attached hydrogens (tertiary/aromatic N) is 5. The van der Waals surface area contributed by atoms with Gasteiger partial charge >= 0.3 is 17.1 Å². The van der Waals surface area contributed by atoms with Gasteiger partial charge in [-0.25, -0.2) is 9.97 Å². The van der Waals surface area contributed by atoms with Gasteiger partial charge in [-0.15, -0.1) is 11.3 Å². The summed E-state index contributed by atoms with van der Waals surface area (Å²) < 4.78 is 1.16. The molecule has 28 heavy (non-hydrogen) atoms. The maximum Gasteiger partial charge on any atom is 1.00 e. The van der Waals surface area contributed by atoms with Crippen molar-refractivity contribution in [3.8, 4) is 10.6 Å². The Hall–Kier alpha value is -2.39. The molecule has 148 valence electrons. The van der Waals surface area contributed by atoms with Crippen LogP contribution in [0.1, 0.15) is 13.8 Å². The molecule has 0 saturated heterocycles. The average molecular weight is 460 g/mol. The number of amidine groups is 1. The topological polar surface area (TPSA) is 86.9 Å². The van der Waals surface area contributed by atoms with E-state index in [0.717, 1.165) is 20.8 Å². The zero-order valence-corrected chi connectivity index (χ0v) is 18.0. The largest absolute Gasteiger partial charge is 1.00 e. The summed E-state index contributed by atoms with van der Waals surface area (Å²) in [5, 5.41) is 16.2. The molecule has 2 N–H and O–H groups in total. The summed E-state index contributed by atoms with van der Waals surface area (Å²) in [5.41, 5.74) is 6.24. The summed E-state index contributed by atoms with van der Waals surface area (Å²) in [4.78, 5) is 9.04. The molecule has 0 radical (unpaired) electrons. The molecule has 7 nitrogen and oxygen atoms in total. The minimum atomic E-state index is 0. The van der Waals surface area contributed by atoms with Crippen molar-refractivity contribution >= 4 is 56.6 Å². The maximum atomic E-state index is 4.92. The van der Waals surface area contributed by atoms with Gasteiger partial charge in [-0.3, -0.25) is 5.43 Å². The first kappa shape index (κ1) is 21.9. The molecule has 0 aliphatic rings. The number of hydrogen-bond acceptors (Lipinski definition) is 8. The summed E-state index contributed by atoms with van der Waals surface area (Å²) >= 11 is 6.57. The van der Waals surface area contributed by atoms with Gasteiger partial charge in [-0.1, -0.05) is 12.1 Å². The standard InChI is InChI=1S/C18H19N7S2.Cu/c1-11(12(2)23-25-18(26)19-3)22-24-16-9-8-13(10-20-16)17-21-14-6-4-5-7-15(14)27-17;/h4-10H,1-3H3,(H,20,24)(H2,19,25,26);/q;+1/p-1/b22-11+,23-12+;. The molecule has 0 atom stereocenters. The Morgan fingerprint density at radius 2 is 1.86 bits per heavy atom. The van der Waals surface area contributed by atoms with E-state index in [1.165, 1.54) is 0 Å². The minimum Gasteiger partial charge on any atom is -0.741 e. The normalized spacial score (nSPS) is 12.6. The van der Waals surface area contributed by atoms with E-state index in [1.807, 2.05) is 44.2 Å². The second-order valence-electron chi connectivity index (χ2n) is 5.57. The summed E-state index contributed by atoms with van der Waals surface area (Å²) in [6, 6.07) is 11.9. The number of anilines is 1. The minimum absolute atomic E-state index is 0. The first-order valence-electron chi connectivity index (χ1n) is 8.16. The van der Waals surface area contributed by atoms with E-state index in [-0.39, 0.29) is 17.1 Å². The Morgan fingerprint density at radius 3 is 2.54 bits per heavy atom. The van der Waals surface area contributed by atoms with Crippen LogP contribution in [0.4, 0.5) is 5.82 Å². The molecule has 0 bridgehead atoms. The fourth-order valence-corrected chi connectivity index (χ4v) is 3.04. The molecule has 0 saturated carbocycles. The Kier molecular flexibility index (Phi) is 8.01. The van der Waals surface area contributed by atoms with Crippen LogP contribution in [0.5, 0.6) is 0 Å². The third kappa shape index (κ3) is 5.56. The predicted molar refractivity (Wildman–Crippen MR) is 117 cm³/mol. The van der Waals surface area contributed by atoms with Crippen LogP contribution in [0, 0.1) is 0 Å². The Morgan fingerprint density at radius 1 is 1.07 bits per heavy atom. The van der Waals surface area contributed by atoms with Crippen molar-refractivity contribution in [2.75, 3.05) is 12.5 Å². The summed E-state index contributed by atoms with van der Waals surface area (Å²) in [6.07, 6.45) is 1.78. The molecule has 1 aromatic carbocycles. The Labute approximate surface area is 183 Å². The fourth-order valence-electron chi connectivity index (χ4n) is 2.05. The summed E-state index contributed by atoms with van der Waals surface area (Å²) in [6.45, 7) is 3.64. The van der Waals surface area contributed by atoms with E-state index in [1.54, 1.807) is 24.6 Å². The SMILES string of the molecule is CN/C([S-])=N/N=C(C)/C(C)=N/Nc1ccc(-c2nc3ccccc3s2)cn1.[Cu+]. The van der Waals surface area contributed by atoms with Gasteiger partial charge in [0.2, 0.25) is 0 Å². The van der Waals surface area contributed by atoms with Gasteiger partial charge in [0.15, 0.2) is 0 Å². The number of pyridine rings is 1. The zero-order chi connectivity index (χ0) is 19.2. The van der Waals surface area contributed by atoms with Crippen LogP contribution in [0.25, 0.3) is 20.8 Å². The van der Waals surface area contributed by atoms with Crippen LogP contribution >= 0.6 is 11.3 Å². The van der Waals surface area contributed by atoms with Crippen molar-refractivity contribution < 1.29 is 17.1 Å². The van der Waals surface area contributed by atoms with Crippen molar-refractivity contribution in [1.29, 1.82) is 0 Å². The average Bonchev–Trinajstić information content (AvgIpc) is 3.14. The van der Waals surface area contributed by atoms with Crippen LogP contribution in [0.2, 0.25) is 0 Å². The van der Waals surface area contributed by atoms with E-state index in [2.05, 4.69) is 42.1 Å². The molecule has 2 heterocycles. The van der Waals surface area contributed by atoms with Gasteiger partial charge in [-0.2, -0.15) is 15.3 Å². The van der Waals surface area contributed by atoms with Gasteiger partial charge in [0.05, 0.1) is 21.6 Å². The smallest absolute Gasteiger partial charge is 0.741 e. The molecular weight excluding hydrogens is 442 g/mol. The van der Waals surface area contributed by atoms with Gasteiger partial charge in [0.1, 0.15) is 10.8 Å². The van der Waals surface area contributed by atoms with Gasteiger partial charge in [-0.05, 0) is 43.3 Å². The molecule has 0 aliphatic heterocycles. The second kappa shape index (κ2) is 10.2. The number of benzene rings is 1. The molecule has 3 rings (SSSR count). The molecular formula is C18H18CuN7S2. The van der Waals surface area contributed by atoms with Crippen molar-refractivity contribution in [3.63, 3.8) is 0 Å². The quantitative estimate of drug-likeness (QED) is 0.200. The number of thiazole rings is 1.